The molecule has 2 heterocycles. The van der Waals surface area contributed by atoms with E-state index in [1.54, 1.807) is 38.6 Å². The van der Waals surface area contributed by atoms with Crippen LogP contribution in [0, 0.1) is 0 Å². The van der Waals surface area contributed by atoms with E-state index in [-0.39, 0.29) is 5.76 Å². The molecule has 2 aromatic heterocycles. The lowest BCUT2D eigenvalue weighted by Gasteiger charge is -2.09. The van der Waals surface area contributed by atoms with Gasteiger partial charge in [0.1, 0.15) is 11.5 Å². The van der Waals surface area contributed by atoms with Crippen molar-refractivity contribution in [1.29, 1.82) is 0 Å². The Balaban J connectivity index is 1.81. The Morgan fingerprint density at radius 3 is 2.92 bits per heavy atom. The SMILES string of the molecule is COc1ccc(-c2[nH]ncc2C=NNC(=O)c2ccco2)c(OC)c1. The monoisotopic (exact) mass is 340 g/mol. The van der Waals surface area contributed by atoms with Crippen LogP contribution in [0.5, 0.6) is 11.5 Å². The molecule has 8 nitrogen and oxygen atoms in total. The molecule has 0 aliphatic carbocycles. The molecule has 8 heteroatoms. The minimum Gasteiger partial charge on any atom is -0.497 e. The van der Waals surface area contributed by atoms with Crippen molar-refractivity contribution in [2.75, 3.05) is 14.2 Å². The zero-order valence-electron chi connectivity index (χ0n) is 13.6. The van der Waals surface area contributed by atoms with Gasteiger partial charge >= 0.3 is 5.91 Å². The summed E-state index contributed by atoms with van der Waals surface area (Å²) in [7, 11) is 3.16. The summed E-state index contributed by atoms with van der Waals surface area (Å²) < 4.78 is 15.6. The van der Waals surface area contributed by atoms with Gasteiger partial charge in [0.25, 0.3) is 0 Å². The lowest BCUT2D eigenvalue weighted by atomic mass is 10.1. The van der Waals surface area contributed by atoms with Gasteiger partial charge < -0.3 is 13.9 Å². The highest BCUT2D eigenvalue weighted by molar-refractivity contribution is 5.94. The molecule has 0 unspecified atom stereocenters. The predicted molar refractivity (Wildman–Crippen MR) is 90.9 cm³/mol. The Kier molecular flexibility index (Phi) is 4.79. The summed E-state index contributed by atoms with van der Waals surface area (Å²) >= 11 is 0. The topological polar surface area (TPSA) is 102 Å². The molecule has 0 saturated heterocycles. The standard InChI is InChI=1S/C17H16N4O4/c1-23-12-5-6-13(15(8-12)24-2)16-11(9-18-20-16)10-19-21-17(22)14-4-3-7-25-14/h3-10H,1-2H3,(H,18,20)(H,21,22). The van der Waals surface area contributed by atoms with E-state index in [2.05, 4.69) is 20.7 Å². The van der Waals surface area contributed by atoms with Crippen LogP contribution in [0.1, 0.15) is 16.1 Å². The number of nitrogens with one attached hydrogen (secondary N) is 2. The second-order valence-corrected chi connectivity index (χ2v) is 4.94. The first kappa shape index (κ1) is 16.3. The van der Waals surface area contributed by atoms with Crippen LogP contribution in [0.4, 0.5) is 0 Å². The van der Waals surface area contributed by atoms with Gasteiger partial charge in [-0.15, -0.1) is 0 Å². The number of hydrazone groups is 1. The number of hydrogen-bond acceptors (Lipinski definition) is 6. The largest absolute Gasteiger partial charge is 0.497 e. The van der Waals surface area contributed by atoms with Crippen LogP contribution >= 0.6 is 0 Å². The predicted octanol–water partition coefficient (Wildman–Crippen LogP) is 2.45. The van der Waals surface area contributed by atoms with Crippen molar-refractivity contribution in [2.45, 2.75) is 0 Å². The summed E-state index contributed by atoms with van der Waals surface area (Å²) in [5.74, 6) is 1.05. The molecule has 0 fully saturated rings. The summed E-state index contributed by atoms with van der Waals surface area (Å²) in [6.07, 6.45) is 4.51. The Morgan fingerprint density at radius 2 is 2.20 bits per heavy atom. The third-order valence-corrected chi connectivity index (χ3v) is 3.46. The van der Waals surface area contributed by atoms with E-state index in [9.17, 15) is 4.79 Å². The summed E-state index contributed by atoms with van der Waals surface area (Å²) in [5, 5.41) is 10.9. The number of amides is 1. The Bertz CT molecular complexity index is 884. The summed E-state index contributed by atoms with van der Waals surface area (Å²) in [4.78, 5) is 11.8. The van der Waals surface area contributed by atoms with Gasteiger partial charge in [0, 0.05) is 17.2 Å². The molecule has 0 aliphatic heterocycles. The maximum atomic E-state index is 11.8. The number of rotatable bonds is 6. The van der Waals surface area contributed by atoms with Gasteiger partial charge in [-0.25, -0.2) is 5.43 Å². The first-order valence-corrected chi connectivity index (χ1v) is 7.35. The fourth-order valence-electron chi connectivity index (χ4n) is 2.24. The minimum absolute atomic E-state index is 0.182. The second-order valence-electron chi connectivity index (χ2n) is 4.94. The van der Waals surface area contributed by atoms with Crippen LogP contribution < -0.4 is 14.9 Å². The first-order chi connectivity index (χ1) is 12.2. The number of benzene rings is 1. The normalized spacial score (nSPS) is 10.8. The average Bonchev–Trinajstić information content (AvgIpc) is 3.33. The van der Waals surface area contributed by atoms with Crippen LogP contribution in [0.25, 0.3) is 11.3 Å². The van der Waals surface area contributed by atoms with Gasteiger partial charge in [-0.2, -0.15) is 10.2 Å². The van der Waals surface area contributed by atoms with Gasteiger partial charge in [0.2, 0.25) is 0 Å². The zero-order valence-corrected chi connectivity index (χ0v) is 13.6. The molecule has 0 aliphatic rings. The molecule has 1 aromatic carbocycles. The van der Waals surface area contributed by atoms with Crippen LogP contribution in [0.15, 0.2) is 52.3 Å². The van der Waals surface area contributed by atoms with E-state index in [0.29, 0.717) is 22.8 Å². The summed E-state index contributed by atoms with van der Waals surface area (Å²) in [6.45, 7) is 0. The van der Waals surface area contributed by atoms with E-state index in [0.717, 1.165) is 5.56 Å². The molecule has 128 valence electrons. The summed E-state index contributed by atoms with van der Waals surface area (Å²) in [5.41, 5.74) is 4.57. The number of aromatic amines is 1. The third kappa shape index (κ3) is 3.52. The molecule has 3 rings (SSSR count). The molecule has 2 N–H and O–H groups in total. The molecule has 0 bridgehead atoms. The van der Waals surface area contributed by atoms with Crippen LogP contribution in [0.2, 0.25) is 0 Å². The van der Waals surface area contributed by atoms with Gasteiger partial charge in [-0.05, 0) is 24.3 Å². The van der Waals surface area contributed by atoms with Crippen LogP contribution in [-0.2, 0) is 0 Å². The molecule has 0 radical (unpaired) electrons. The van der Waals surface area contributed by atoms with E-state index in [1.807, 2.05) is 12.1 Å². The number of furan rings is 1. The van der Waals surface area contributed by atoms with Crippen molar-refractivity contribution in [3.8, 4) is 22.8 Å². The smallest absolute Gasteiger partial charge is 0.307 e. The molecule has 25 heavy (non-hydrogen) atoms. The van der Waals surface area contributed by atoms with Gasteiger partial charge in [-0.3, -0.25) is 9.89 Å². The molecular formula is C17H16N4O4. The van der Waals surface area contributed by atoms with Gasteiger partial charge in [-0.1, -0.05) is 0 Å². The fraction of sp³-hybridized carbons (Fsp3) is 0.118. The van der Waals surface area contributed by atoms with E-state index in [1.165, 1.54) is 12.5 Å². The number of aromatic nitrogens is 2. The Morgan fingerprint density at radius 1 is 1.32 bits per heavy atom. The molecule has 0 saturated carbocycles. The third-order valence-electron chi connectivity index (χ3n) is 3.46. The van der Waals surface area contributed by atoms with Crippen LogP contribution in [0.3, 0.4) is 0 Å². The number of methoxy groups -OCH3 is 2. The van der Waals surface area contributed by atoms with Crippen molar-refractivity contribution < 1.29 is 18.7 Å². The number of nitrogens with zero attached hydrogens (tertiary/aromatic N) is 2. The average molecular weight is 340 g/mol. The maximum absolute atomic E-state index is 11.8. The van der Waals surface area contributed by atoms with Crippen molar-refractivity contribution >= 4 is 12.1 Å². The Hall–Kier alpha value is -3.55. The van der Waals surface area contributed by atoms with Gasteiger partial charge in [0.15, 0.2) is 5.76 Å². The molecule has 0 atom stereocenters. The molecule has 3 aromatic rings. The zero-order chi connectivity index (χ0) is 17.6. The number of carbonyl (C=O) groups is 1. The molecular weight excluding hydrogens is 324 g/mol. The highest BCUT2D eigenvalue weighted by Gasteiger charge is 2.13. The first-order valence-electron chi connectivity index (χ1n) is 7.35. The van der Waals surface area contributed by atoms with E-state index in [4.69, 9.17) is 13.9 Å². The number of ether oxygens (including phenoxy) is 2. The van der Waals surface area contributed by atoms with E-state index >= 15 is 0 Å². The van der Waals surface area contributed by atoms with Crippen molar-refractivity contribution in [3.63, 3.8) is 0 Å². The number of H-pyrrole nitrogens is 1. The number of hydrogen-bond donors (Lipinski definition) is 2. The molecule has 1 amide bonds. The lowest BCUT2D eigenvalue weighted by Crippen LogP contribution is -2.16. The molecule has 0 spiro atoms. The maximum Gasteiger partial charge on any atom is 0.307 e. The second kappa shape index (κ2) is 7.35. The number of carbonyl (C=O) groups excluding carboxylic acids is 1. The minimum atomic E-state index is -0.437. The Labute approximate surface area is 143 Å². The van der Waals surface area contributed by atoms with E-state index < -0.39 is 5.91 Å². The van der Waals surface area contributed by atoms with Crippen molar-refractivity contribution in [1.82, 2.24) is 15.6 Å². The highest BCUT2D eigenvalue weighted by atomic mass is 16.5. The van der Waals surface area contributed by atoms with Crippen molar-refractivity contribution in [2.24, 2.45) is 5.10 Å². The summed E-state index contributed by atoms with van der Waals surface area (Å²) in [6, 6.07) is 8.62. The van der Waals surface area contributed by atoms with Crippen molar-refractivity contribution in [3.05, 3.63) is 54.1 Å². The highest BCUT2D eigenvalue weighted by Crippen LogP contribution is 2.33. The quantitative estimate of drug-likeness (QED) is 0.530. The van der Waals surface area contributed by atoms with Crippen LogP contribution in [-0.4, -0.2) is 36.5 Å². The fourth-order valence-corrected chi connectivity index (χ4v) is 2.24. The van der Waals surface area contributed by atoms with Gasteiger partial charge in [0.05, 0.1) is 38.6 Å². The lowest BCUT2D eigenvalue weighted by molar-refractivity contribution is 0.0927.